The zero-order chi connectivity index (χ0) is 17.3. The van der Waals surface area contributed by atoms with E-state index < -0.39 is 0 Å². The molecule has 1 aromatic carbocycles. The summed E-state index contributed by atoms with van der Waals surface area (Å²) >= 11 is 0. The molecule has 6 atom stereocenters. The highest BCUT2D eigenvalue weighted by molar-refractivity contribution is 6.09. The highest BCUT2D eigenvalue weighted by Gasteiger charge is 2.67. The van der Waals surface area contributed by atoms with E-state index in [2.05, 4.69) is 17.5 Å². The molecule has 0 unspecified atom stereocenters. The number of nitrogens with one attached hydrogen (secondary N) is 1. The molecule has 25 heavy (non-hydrogen) atoms. The molecule has 1 aromatic rings. The molecule has 5 aliphatic rings. The van der Waals surface area contributed by atoms with E-state index in [1.165, 1.54) is 4.90 Å². The highest BCUT2D eigenvalue weighted by Crippen LogP contribution is 2.65. The zero-order valence-electron chi connectivity index (χ0n) is 14.0. The van der Waals surface area contributed by atoms with E-state index in [-0.39, 0.29) is 47.9 Å². The number of nitrogens with zero attached hydrogens (tertiary/aromatic N) is 1. The fraction of sp³-hybridized carbons (Fsp3) is 0.450. The number of rotatable bonds is 3. The molecule has 6 rings (SSSR count). The van der Waals surface area contributed by atoms with Gasteiger partial charge in [-0.1, -0.05) is 24.3 Å². The quantitative estimate of drug-likeness (QED) is 0.678. The lowest BCUT2D eigenvalue weighted by atomic mass is 9.63. The fourth-order valence-corrected chi connectivity index (χ4v) is 5.24. The van der Waals surface area contributed by atoms with Gasteiger partial charge >= 0.3 is 0 Å². The normalized spacial score (nSPS) is 37.1. The molecular formula is C20H20N2O3. The van der Waals surface area contributed by atoms with Crippen molar-refractivity contribution < 1.29 is 14.4 Å². The number of amides is 3. The number of imide groups is 1. The fourth-order valence-electron chi connectivity index (χ4n) is 5.24. The summed E-state index contributed by atoms with van der Waals surface area (Å²) in [4.78, 5) is 39.2. The molecule has 5 nitrogen and oxygen atoms in total. The predicted octanol–water partition coefficient (Wildman–Crippen LogP) is 1.99. The van der Waals surface area contributed by atoms with Gasteiger partial charge in [-0.2, -0.15) is 0 Å². The summed E-state index contributed by atoms with van der Waals surface area (Å²) < 4.78 is 0. The van der Waals surface area contributed by atoms with Crippen molar-refractivity contribution in [1.82, 2.24) is 4.90 Å². The molecule has 1 N–H and O–H groups in total. The van der Waals surface area contributed by atoms with Crippen LogP contribution < -0.4 is 5.32 Å². The predicted molar refractivity (Wildman–Crippen MR) is 91.2 cm³/mol. The Labute approximate surface area is 146 Å². The van der Waals surface area contributed by atoms with E-state index in [0.717, 1.165) is 12.0 Å². The first-order valence-electron chi connectivity index (χ1n) is 8.94. The van der Waals surface area contributed by atoms with Crippen molar-refractivity contribution in [3.63, 3.8) is 0 Å². The van der Waals surface area contributed by atoms with Gasteiger partial charge in [0, 0.05) is 5.69 Å². The van der Waals surface area contributed by atoms with Crippen LogP contribution >= 0.6 is 0 Å². The minimum atomic E-state index is -0.323. The van der Waals surface area contributed by atoms with Crippen LogP contribution in [0.15, 0.2) is 36.4 Å². The Balaban J connectivity index is 1.33. The number of allylic oxidation sites excluding steroid dienone is 2. The molecule has 0 radical (unpaired) electrons. The Bertz CT molecular complexity index is 794. The largest absolute Gasteiger partial charge is 0.325 e. The zero-order valence-corrected chi connectivity index (χ0v) is 14.0. The van der Waals surface area contributed by atoms with Crippen LogP contribution in [0.25, 0.3) is 0 Å². The molecule has 3 amide bonds. The molecule has 128 valence electrons. The minimum Gasteiger partial charge on any atom is -0.325 e. The average molecular weight is 336 g/mol. The van der Waals surface area contributed by atoms with Gasteiger partial charge in [-0.05, 0) is 54.7 Å². The van der Waals surface area contributed by atoms with Gasteiger partial charge in [-0.15, -0.1) is 0 Å². The Morgan fingerprint density at radius 2 is 1.76 bits per heavy atom. The Morgan fingerprint density at radius 3 is 2.36 bits per heavy atom. The summed E-state index contributed by atoms with van der Waals surface area (Å²) in [5.41, 5.74) is 1.73. The standard InChI is InChI=1S/C20H20N2O3/c1-10-3-2-4-11(7-10)21-16(23)9-22-19(24)17-12-5-6-13(15-8-14(12)15)18(17)20(22)25/h2-7,12-15,17-18H,8-9H2,1H3,(H,21,23)/t12-,13-,14-,15-,17+,18+/m1/s1. The van der Waals surface area contributed by atoms with Crippen molar-refractivity contribution in [3.05, 3.63) is 42.0 Å². The third-order valence-corrected chi connectivity index (χ3v) is 6.36. The number of hydrogen-bond donors (Lipinski definition) is 1. The summed E-state index contributed by atoms with van der Waals surface area (Å²) in [6, 6.07) is 7.47. The number of aryl methyl sites for hydroxylation is 1. The summed E-state index contributed by atoms with van der Waals surface area (Å²) in [5, 5.41) is 2.79. The van der Waals surface area contributed by atoms with Crippen molar-refractivity contribution in [3.8, 4) is 0 Å². The Morgan fingerprint density at radius 1 is 1.12 bits per heavy atom. The summed E-state index contributed by atoms with van der Waals surface area (Å²) in [6.07, 6.45) is 5.42. The molecule has 3 fully saturated rings. The van der Waals surface area contributed by atoms with Crippen LogP contribution in [-0.2, 0) is 14.4 Å². The van der Waals surface area contributed by atoms with Crippen molar-refractivity contribution in [1.29, 1.82) is 0 Å². The first-order chi connectivity index (χ1) is 12.0. The van der Waals surface area contributed by atoms with Gasteiger partial charge in [-0.3, -0.25) is 19.3 Å². The monoisotopic (exact) mass is 336 g/mol. The van der Waals surface area contributed by atoms with Crippen LogP contribution in [-0.4, -0.2) is 29.2 Å². The van der Waals surface area contributed by atoms with Gasteiger partial charge in [0.1, 0.15) is 6.54 Å². The smallest absolute Gasteiger partial charge is 0.244 e. The number of benzene rings is 1. The van der Waals surface area contributed by atoms with Gasteiger partial charge in [-0.25, -0.2) is 0 Å². The van der Waals surface area contributed by atoms with Crippen LogP contribution in [0.1, 0.15) is 12.0 Å². The van der Waals surface area contributed by atoms with E-state index in [4.69, 9.17) is 0 Å². The van der Waals surface area contributed by atoms with E-state index in [1.807, 2.05) is 25.1 Å². The SMILES string of the molecule is Cc1cccc(NC(=O)CN2C(=O)[C@H]3[C@@H]4C=C[C@H]([C@H]5C[C@H]45)[C@@H]3C2=O)c1. The van der Waals surface area contributed by atoms with Gasteiger partial charge < -0.3 is 5.32 Å². The maximum atomic E-state index is 12.8. The molecule has 4 aliphatic carbocycles. The van der Waals surface area contributed by atoms with Crippen LogP contribution in [0.4, 0.5) is 5.69 Å². The van der Waals surface area contributed by atoms with E-state index in [1.54, 1.807) is 6.07 Å². The topological polar surface area (TPSA) is 66.5 Å². The Hall–Kier alpha value is -2.43. The molecule has 5 heteroatoms. The van der Waals surface area contributed by atoms with Crippen molar-refractivity contribution in [2.75, 3.05) is 11.9 Å². The van der Waals surface area contributed by atoms with Gasteiger partial charge in [0.2, 0.25) is 17.7 Å². The number of carbonyl (C=O) groups is 3. The van der Waals surface area contributed by atoms with Gasteiger partial charge in [0.25, 0.3) is 0 Å². The molecule has 0 aromatic heterocycles. The van der Waals surface area contributed by atoms with Gasteiger partial charge in [0.05, 0.1) is 11.8 Å². The molecule has 1 heterocycles. The second-order valence-electron chi connectivity index (χ2n) is 7.83. The van der Waals surface area contributed by atoms with Crippen LogP contribution in [0.5, 0.6) is 0 Å². The maximum Gasteiger partial charge on any atom is 0.244 e. The summed E-state index contributed by atoms with van der Waals surface area (Å²) in [7, 11) is 0. The number of likely N-dealkylation sites (tertiary alicyclic amines) is 1. The second kappa shape index (κ2) is 5.04. The number of carbonyl (C=O) groups excluding carboxylic acids is 3. The number of anilines is 1. The lowest BCUT2D eigenvalue weighted by Gasteiger charge is -2.37. The lowest BCUT2D eigenvalue weighted by Crippen LogP contribution is -2.40. The first kappa shape index (κ1) is 14.9. The molecule has 1 aliphatic heterocycles. The minimum absolute atomic E-state index is 0.154. The van der Waals surface area contributed by atoms with Crippen molar-refractivity contribution >= 4 is 23.4 Å². The second-order valence-corrected chi connectivity index (χ2v) is 7.83. The molecule has 2 bridgehead atoms. The van der Waals surface area contributed by atoms with Crippen molar-refractivity contribution in [2.24, 2.45) is 35.5 Å². The van der Waals surface area contributed by atoms with Crippen LogP contribution in [0, 0.1) is 42.4 Å². The summed E-state index contributed by atoms with van der Waals surface area (Å²) in [6.45, 7) is 1.76. The van der Waals surface area contributed by atoms with Crippen LogP contribution in [0.2, 0.25) is 0 Å². The Kier molecular flexibility index (Phi) is 3.00. The van der Waals surface area contributed by atoms with E-state index in [9.17, 15) is 14.4 Å². The molecular weight excluding hydrogens is 316 g/mol. The third-order valence-electron chi connectivity index (χ3n) is 6.36. The van der Waals surface area contributed by atoms with Crippen LogP contribution in [0.3, 0.4) is 0 Å². The lowest BCUT2D eigenvalue weighted by molar-refractivity contribution is -0.142. The third kappa shape index (κ3) is 2.11. The molecule has 1 saturated heterocycles. The first-order valence-corrected chi connectivity index (χ1v) is 8.94. The van der Waals surface area contributed by atoms with Gasteiger partial charge in [0.15, 0.2) is 0 Å². The molecule has 2 saturated carbocycles. The van der Waals surface area contributed by atoms with E-state index in [0.29, 0.717) is 17.5 Å². The number of hydrogen-bond acceptors (Lipinski definition) is 3. The maximum absolute atomic E-state index is 12.8. The highest BCUT2D eigenvalue weighted by atomic mass is 16.2. The van der Waals surface area contributed by atoms with Crippen molar-refractivity contribution in [2.45, 2.75) is 13.3 Å². The average Bonchev–Trinajstić information content (AvgIpc) is 3.36. The summed E-state index contributed by atoms with van der Waals surface area (Å²) in [5.74, 6) is 0.441. The van der Waals surface area contributed by atoms with E-state index >= 15 is 0 Å². The molecule has 0 spiro atoms.